The van der Waals surface area contributed by atoms with E-state index < -0.39 is 0 Å². The largest absolute Gasteiger partial charge is 0.484 e. The number of rotatable bonds is 6. The fourth-order valence-electron chi connectivity index (χ4n) is 2.86. The fraction of sp³-hybridized carbons (Fsp3) is 0.350. The predicted octanol–water partition coefficient (Wildman–Crippen LogP) is 3.40. The van der Waals surface area contributed by atoms with Gasteiger partial charge in [0.05, 0.1) is 6.61 Å². The van der Waals surface area contributed by atoms with Crippen LogP contribution < -0.4 is 4.74 Å². The van der Waals surface area contributed by atoms with Crippen LogP contribution >= 0.6 is 11.8 Å². The molecule has 0 aliphatic carbocycles. The first-order valence-corrected chi connectivity index (χ1v) is 9.46. The third kappa shape index (κ3) is 4.77. The van der Waals surface area contributed by atoms with E-state index in [-0.39, 0.29) is 30.2 Å². The van der Waals surface area contributed by atoms with Gasteiger partial charge in [-0.05, 0) is 48.7 Å². The van der Waals surface area contributed by atoms with Crippen LogP contribution in [0.5, 0.6) is 5.75 Å². The molecule has 2 aromatic rings. The first-order valence-electron chi connectivity index (χ1n) is 8.58. The van der Waals surface area contributed by atoms with Gasteiger partial charge in [-0.1, -0.05) is 18.2 Å². The Morgan fingerprint density at radius 1 is 1.31 bits per heavy atom. The standard InChI is InChI=1S/C20H22FNO3S/c1-14-2-7-18(21)19(10-14)26-17-8-9-22(11-17)20(24)13-25-16-5-3-15(12-23)4-6-16/h2-7,10,17,23H,8-9,11-13H2,1H3. The van der Waals surface area contributed by atoms with Crippen LogP contribution in [0.3, 0.4) is 0 Å². The lowest BCUT2D eigenvalue weighted by atomic mass is 10.2. The van der Waals surface area contributed by atoms with Gasteiger partial charge >= 0.3 is 0 Å². The van der Waals surface area contributed by atoms with Crippen LogP contribution in [0, 0.1) is 12.7 Å². The summed E-state index contributed by atoms with van der Waals surface area (Å²) in [7, 11) is 0. The van der Waals surface area contributed by atoms with Gasteiger partial charge in [0.25, 0.3) is 5.91 Å². The molecule has 3 rings (SSSR count). The maximum absolute atomic E-state index is 13.9. The highest BCUT2D eigenvalue weighted by Crippen LogP contribution is 2.32. The van der Waals surface area contributed by atoms with Crippen LogP contribution in [0.25, 0.3) is 0 Å². The van der Waals surface area contributed by atoms with Crippen LogP contribution in [0.15, 0.2) is 47.4 Å². The number of carbonyl (C=O) groups excluding carboxylic acids is 1. The lowest BCUT2D eigenvalue weighted by Crippen LogP contribution is -2.33. The second-order valence-corrected chi connectivity index (χ2v) is 7.74. The molecule has 1 unspecified atom stereocenters. The average molecular weight is 375 g/mol. The van der Waals surface area contributed by atoms with Crippen LogP contribution in [0.1, 0.15) is 17.5 Å². The molecule has 1 saturated heterocycles. The van der Waals surface area contributed by atoms with Gasteiger partial charge in [-0.25, -0.2) is 4.39 Å². The molecule has 0 bridgehead atoms. The van der Waals surface area contributed by atoms with Crippen molar-refractivity contribution in [2.45, 2.75) is 30.1 Å². The molecule has 1 aliphatic rings. The van der Waals surface area contributed by atoms with Crippen molar-refractivity contribution in [3.63, 3.8) is 0 Å². The Bertz CT molecular complexity index is 766. The third-order valence-electron chi connectivity index (χ3n) is 4.35. The number of halogens is 1. The second-order valence-electron chi connectivity index (χ2n) is 6.39. The molecule has 0 saturated carbocycles. The van der Waals surface area contributed by atoms with Gasteiger partial charge in [0.15, 0.2) is 6.61 Å². The minimum Gasteiger partial charge on any atom is -0.484 e. The number of aryl methyl sites for hydroxylation is 1. The first kappa shape index (κ1) is 18.7. The number of ether oxygens (including phenoxy) is 1. The van der Waals surface area contributed by atoms with Gasteiger partial charge in [0.2, 0.25) is 0 Å². The summed E-state index contributed by atoms with van der Waals surface area (Å²) < 4.78 is 19.4. The Morgan fingerprint density at radius 3 is 2.81 bits per heavy atom. The molecular weight excluding hydrogens is 353 g/mol. The zero-order valence-electron chi connectivity index (χ0n) is 14.7. The molecule has 138 valence electrons. The predicted molar refractivity (Wildman–Crippen MR) is 99.8 cm³/mol. The maximum atomic E-state index is 13.9. The normalized spacial score (nSPS) is 16.7. The summed E-state index contributed by atoms with van der Waals surface area (Å²) >= 11 is 1.50. The number of hydrogen-bond donors (Lipinski definition) is 1. The van der Waals surface area contributed by atoms with Gasteiger partial charge in [-0.15, -0.1) is 11.8 Å². The lowest BCUT2D eigenvalue weighted by Gasteiger charge is -2.17. The second kappa shape index (κ2) is 8.56. The number of thioether (sulfide) groups is 1. The summed E-state index contributed by atoms with van der Waals surface area (Å²) in [5.41, 5.74) is 1.83. The van der Waals surface area contributed by atoms with E-state index in [9.17, 15) is 9.18 Å². The highest BCUT2D eigenvalue weighted by molar-refractivity contribution is 8.00. The zero-order chi connectivity index (χ0) is 18.5. The van der Waals surface area contributed by atoms with E-state index in [4.69, 9.17) is 9.84 Å². The first-order chi connectivity index (χ1) is 12.5. The number of amides is 1. The van der Waals surface area contributed by atoms with Crippen molar-refractivity contribution >= 4 is 17.7 Å². The topological polar surface area (TPSA) is 49.8 Å². The molecule has 1 atom stereocenters. The van der Waals surface area contributed by atoms with Crippen LogP contribution in [0.2, 0.25) is 0 Å². The molecule has 6 heteroatoms. The van der Waals surface area contributed by atoms with E-state index in [1.54, 1.807) is 35.2 Å². The Kier molecular flexibility index (Phi) is 6.16. The van der Waals surface area contributed by atoms with Crippen LogP contribution in [-0.4, -0.2) is 40.9 Å². The Labute approximate surface area is 157 Å². The third-order valence-corrected chi connectivity index (χ3v) is 5.63. The number of nitrogens with zero attached hydrogens (tertiary/aromatic N) is 1. The van der Waals surface area contributed by atoms with E-state index >= 15 is 0 Å². The smallest absolute Gasteiger partial charge is 0.260 e. The minimum absolute atomic E-state index is 0.0192. The monoisotopic (exact) mass is 375 g/mol. The molecule has 0 aromatic heterocycles. The number of benzene rings is 2. The summed E-state index contributed by atoms with van der Waals surface area (Å²) in [4.78, 5) is 14.8. The quantitative estimate of drug-likeness (QED) is 0.841. The Hall–Kier alpha value is -2.05. The average Bonchev–Trinajstić information content (AvgIpc) is 3.12. The molecule has 26 heavy (non-hydrogen) atoms. The molecule has 1 amide bonds. The summed E-state index contributed by atoms with van der Waals surface area (Å²) in [6, 6.07) is 12.1. The van der Waals surface area contributed by atoms with Gasteiger partial charge < -0.3 is 14.7 Å². The van der Waals surface area contributed by atoms with Crippen molar-refractivity contribution in [3.8, 4) is 5.75 Å². The molecule has 1 heterocycles. The van der Waals surface area contributed by atoms with Crippen molar-refractivity contribution < 1.29 is 19.0 Å². The molecular formula is C20H22FNO3S. The number of hydrogen-bond acceptors (Lipinski definition) is 4. The minimum atomic E-state index is -0.208. The molecule has 1 N–H and O–H groups in total. The number of aliphatic hydroxyl groups is 1. The van der Waals surface area contributed by atoms with E-state index in [1.807, 2.05) is 13.0 Å². The van der Waals surface area contributed by atoms with Crippen LogP contribution in [-0.2, 0) is 11.4 Å². The molecule has 1 fully saturated rings. The summed E-state index contributed by atoms with van der Waals surface area (Å²) in [5.74, 6) is 0.326. The molecule has 0 radical (unpaired) electrons. The Morgan fingerprint density at radius 2 is 2.08 bits per heavy atom. The molecule has 1 aliphatic heterocycles. The number of carbonyl (C=O) groups is 1. The van der Waals surface area contributed by atoms with E-state index in [2.05, 4.69) is 0 Å². The van der Waals surface area contributed by atoms with Gasteiger partial charge in [-0.2, -0.15) is 0 Å². The highest BCUT2D eigenvalue weighted by atomic mass is 32.2. The Balaban J connectivity index is 1.49. The van der Waals surface area contributed by atoms with Crippen molar-refractivity contribution in [3.05, 3.63) is 59.4 Å². The zero-order valence-corrected chi connectivity index (χ0v) is 15.5. The van der Waals surface area contributed by atoms with E-state index in [1.165, 1.54) is 17.8 Å². The molecule has 2 aromatic carbocycles. The summed E-state index contributed by atoms with van der Waals surface area (Å²) in [6.45, 7) is 3.17. The number of aliphatic hydroxyl groups excluding tert-OH is 1. The van der Waals surface area contributed by atoms with Crippen molar-refractivity contribution in [2.24, 2.45) is 0 Å². The lowest BCUT2D eigenvalue weighted by molar-refractivity contribution is -0.132. The molecule has 0 spiro atoms. The molecule has 4 nitrogen and oxygen atoms in total. The summed E-state index contributed by atoms with van der Waals surface area (Å²) in [6.07, 6.45) is 0.842. The highest BCUT2D eigenvalue weighted by Gasteiger charge is 2.27. The van der Waals surface area contributed by atoms with Gasteiger partial charge in [0, 0.05) is 23.2 Å². The van der Waals surface area contributed by atoms with Crippen LogP contribution in [0.4, 0.5) is 4.39 Å². The van der Waals surface area contributed by atoms with E-state index in [0.717, 1.165) is 17.5 Å². The van der Waals surface area contributed by atoms with Gasteiger partial charge in [0.1, 0.15) is 11.6 Å². The van der Waals surface area contributed by atoms with E-state index in [0.29, 0.717) is 23.7 Å². The van der Waals surface area contributed by atoms with Crippen molar-refractivity contribution in [2.75, 3.05) is 19.7 Å². The SMILES string of the molecule is Cc1ccc(F)c(SC2CCN(C(=O)COc3ccc(CO)cc3)C2)c1. The van der Waals surface area contributed by atoms with Crippen molar-refractivity contribution in [1.29, 1.82) is 0 Å². The maximum Gasteiger partial charge on any atom is 0.260 e. The fourth-order valence-corrected chi connectivity index (χ4v) is 4.13. The number of likely N-dealkylation sites (tertiary alicyclic amines) is 1. The van der Waals surface area contributed by atoms with Crippen molar-refractivity contribution in [1.82, 2.24) is 4.90 Å². The van der Waals surface area contributed by atoms with Gasteiger partial charge in [-0.3, -0.25) is 4.79 Å². The summed E-state index contributed by atoms with van der Waals surface area (Å²) in [5, 5.41) is 9.22.